The summed E-state index contributed by atoms with van der Waals surface area (Å²) in [7, 11) is 0. The molecule has 0 saturated heterocycles. The third kappa shape index (κ3) is 4.74. The van der Waals surface area contributed by atoms with Crippen molar-refractivity contribution >= 4 is 17.7 Å². The summed E-state index contributed by atoms with van der Waals surface area (Å²) in [6.07, 6.45) is 9.07. The number of aliphatic hydroxyl groups is 1. The van der Waals surface area contributed by atoms with Crippen molar-refractivity contribution in [1.29, 1.82) is 0 Å². The second kappa shape index (κ2) is 7.96. The number of amides is 1. The van der Waals surface area contributed by atoms with Crippen LogP contribution in [0, 0.1) is 0 Å². The molecular formula is C12H23NO2S. The Morgan fingerprint density at radius 2 is 2.12 bits per heavy atom. The van der Waals surface area contributed by atoms with Crippen molar-refractivity contribution in [2.24, 2.45) is 0 Å². The van der Waals surface area contributed by atoms with E-state index in [1.165, 1.54) is 19.3 Å². The molecule has 0 bridgehead atoms. The second-order valence-electron chi connectivity index (χ2n) is 4.41. The number of carbonyl (C=O) groups is 1. The van der Waals surface area contributed by atoms with Gasteiger partial charge in [-0.1, -0.05) is 12.8 Å². The number of nitrogens with one attached hydrogen (secondary N) is 1. The fourth-order valence-electron chi connectivity index (χ4n) is 2.22. The number of aliphatic hydroxyl groups excluding tert-OH is 1. The minimum Gasteiger partial charge on any atom is -0.396 e. The van der Waals surface area contributed by atoms with Gasteiger partial charge in [0.05, 0.1) is 0 Å². The lowest BCUT2D eigenvalue weighted by Gasteiger charge is -2.30. The molecule has 0 aliphatic heterocycles. The molecule has 1 aliphatic rings. The van der Waals surface area contributed by atoms with Gasteiger partial charge in [-0.15, -0.1) is 0 Å². The van der Waals surface area contributed by atoms with Gasteiger partial charge in [0.15, 0.2) is 0 Å². The molecule has 1 fully saturated rings. The number of hydrogen-bond donors (Lipinski definition) is 2. The molecule has 0 spiro atoms. The molecule has 3 nitrogen and oxygen atoms in total. The Balaban J connectivity index is 2.25. The van der Waals surface area contributed by atoms with E-state index in [2.05, 4.69) is 11.6 Å². The van der Waals surface area contributed by atoms with Crippen molar-refractivity contribution in [2.75, 3.05) is 12.9 Å². The molecular weight excluding hydrogens is 222 g/mol. The summed E-state index contributed by atoms with van der Waals surface area (Å²) in [6, 6.07) is 0.366. The van der Waals surface area contributed by atoms with Gasteiger partial charge in [-0.05, 0) is 31.9 Å². The van der Waals surface area contributed by atoms with Crippen LogP contribution in [-0.4, -0.2) is 35.2 Å². The summed E-state index contributed by atoms with van der Waals surface area (Å²) < 4.78 is 0. The number of hydrogen-bond acceptors (Lipinski definition) is 3. The minimum atomic E-state index is 0.152. The van der Waals surface area contributed by atoms with E-state index in [0.717, 1.165) is 19.3 Å². The van der Waals surface area contributed by atoms with Crippen molar-refractivity contribution < 1.29 is 9.90 Å². The molecule has 2 atom stereocenters. The van der Waals surface area contributed by atoms with Gasteiger partial charge in [0, 0.05) is 24.3 Å². The van der Waals surface area contributed by atoms with E-state index in [1.54, 1.807) is 0 Å². The van der Waals surface area contributed by atoms with Crippen molar-refractivity contribution in [3.63, 3.8) is 0 Å². The molecule has 94 valence electrons. The fourth-order valence-corrected chi connectivity index (χ4v) is 3.16. The van der Waals surface area contributed by atoms with E-state index in [4.69, 9.17) is 5.11 Å². The van der Waals surface area contributed by atoms with Crippen LogP contribution >= 0.6 is 11.8 Å². The summed E-state index contributed by atoms with van der Waals surface area (Å²) >= 11 is 1.87. The highest BCUT2D eigenvalue weighted by molar-refractivity contribution is 7.99. The fraction of sp³-hybridized carbons (Fsp3) is 0.917. The van der Waals surface area contributed by atoms with Crippen LogP contribution in [0.25, 0.3) is 0 Å². The number of rotatable bonds is 6. The zero-order chi connectivity index (χ0) is 11.8. The highest BCUT2D eigenvalue weighted by Gasteiger charge is 2.25. The molecule has 0 aromatic carbocycles. The molecule has 2 N–H and O–H groups in total. The summed E-state index contributed by atoms with van der Waals surface area (Å²) in [5, 5.41) is 12.4. The smallest absolute Gasteiger partial charge is 0.220 e. The SMILES string of the molecule is CSC1CCCCC1NC(=O)CCCCO. The second-order valence-corrected chi connectivity index (χ2v) is 5.49. The van der Waals surface area contributed by atoms with Crippen LogP contribution in [0.3, 0.4) is 0 Å². The first-order valence-electron chi connectivity index (χ1n) is 6.21. The average molecular weight is 245 g/mol. The number of carbonyl (C=O) groups excluding carboxylic acids is 1. The molecule has 1 rings (SSSR count). The molecule has 4 heteroatoms. The Hall–Kier alpha value is -0.220. The van der Waals surface area contributed by atoms with Crippen molar-refractivity contribution in [2.45, 2.75) is 56.2 Å². The minimum absolute atomic E-state index is 0.152. The van der Waals surface area contributed by atoms with Crippen LogP contribution < -0.4 is 5.32 Å². The van der Waals surface area contributed by atoms with E-state index >= 15 is 0 Å². The van der Waals surface area contributed by atoms with Gasteiger partial charge in [-0.25, -0.2) is 0 Å². The van der Waals surface area contributed by atoms with Gasteiger partial charge in [0.25, 0.3) is 0 Å². The van der Waals surface area contributed by atoms with E-state index in [-0.39, 0.29) is 12.5 Å². The normalized spacial score (nSPS) is 25.4. The predicted octanol–water partition coefficient (Wildman–Crippen LogP) is 1.94. The maximum atomic E-state index is 11.6. The molecule has 0 radical (unpaired) electrons. The molecule has 0 aromatic rings. The van der Waals surface area contributed by atoms with E-state index in [0.29, 0.717) is 17.7 Å². The summed E-state index contributed by atoms with van der Waals surface area (Å²) in [6.45, 7) is 0.185. The Morgan fingerprint density at radius 1 is 1.38 bits per heavy atom. The van der Waals surface area contributed by atoms with Gasteiger partial charge in [-0.3, -0.25) is 4.79 Å². The van der Waals surface area contributed by atoms with Crippen LogP contribution in [0.15, 0.2) is 0 Å². The van der Waals surface area contributed by atoms with E-state index < -0.39 is 0 Å². The third-order valence-electron chi connectivity index (χ3n) is 3.16. The standard InChI is InChI=1S/C12H23NO2S/c1-16-11-7-3-2-6-10(11)13-12(15)8-4-5-9-14/h10-11,14H,2-9H2,1H3,(H,13,15). The number of unbranched alkanes of at least 4 members (excludes halogenated alkanes) is 1. The zero-order valence-corrected chi connectivity index (χ0v) is 10.9. The zero-order valence-electron chi connectivity index (χ0n) is 10.1. The lowest BCUT2D eigenvalue weighted by molar-refractivity contribution is -0.122. The largest absolute Gasteiger partial charge is 0.396 e. The van der Waals surface area contributed by atoms with Crippen molar-refractivity contribution in [3.8, 4) is 0 Å². The van der Waals surface area contributed by atoms with Crippen molar-refractivity contribution in [3.05, 3.63) is 0 Å². The van der Waals surface area contributed by atoms with Crippen LogP contribution in [0.4, 0.5) is 0 Å². The Labute approximate surface area is 102 Å². The molecule has 0 aromatic heterocycles. The quantitative estimate of drug-likeness (QED) is 0.703. The Bertz CT molecular complexity index is 211. The Morgan fingerprint density at radius 3 is 2.81 bits per heavy atom. The highest BCUT2D eigenvalue weighted by Crippen LogP contribution is 2.27. The van der Waals surface area contributed by atoms with E-state index in [9.17, 15) is 4.79 Å². The Kier molecular flexibility index (Phi) is 6.88. The van der Waals surface area contributed by atoms with E-state index in [1.807, 2.05) is 11.8 Å². The molecule has 0 heterocycles. The third-order valence-corrected chi connectivity index (χ3v) is 4.33. The summed E-state index contributed by atoms with van der Waals surface area (Å²) in [5.41, 5.74) is 0. The molecule has 16 heavy (non-hydrogen) atoms. The lowest BCUT2D eigenvalue weighted by Crippen LogP contribution is -2.43. The average Bonchev–Trinajstić information content (AvgIpc) is 2.30. The van der Waals surface area contributed by atoms with Crippen molar-refractivity contribution in [1.82, 2.24) is 5.32 Å². The van der Waals surface area contributed by atoms with Gasteiger partial charge >= 0.3 is 0 Å². The molecule has 1 saturated carbocycles. The topological polar surface area (TPSA) is 49.3 Å². The molecule has 2 unspecified atom stereocenters. The maximum absolute atomic E-state index is 11.6. The van der Waals surface area contributed by atoms with Crippen LogP contribution in [0.1, 0.15) is 44.9 Å². The van der Waals surface area contributed by atoms with Crippen LogP contribution in [0.5, 0.6) is 0 Å². The maximum Gasteiger partial charge on any atom is 0.220 e. The summed E-state index contributed by atoms with van der Waals surface area (Å²) in [4.78, 5) is 11.6. The van der Waals surface area contributed by atoms with Crippen LogP contribution in [-0.2, 0) is 4.79 Å². The molecule has 1 amide bonds. The van der Waals surface area contributed by atoms with Crippen LogP contribution in [0.2, 0.25) is 0 Å². The van der Waals surface area contributed by atoms with Gasteiger partial charge in [-0.2, -0.15) is 11.8 Å². The first-order valence-corrected chi connectivity index (χ1v) is 7.49. The monoisotopic (exact) mass is 245 g/mol. The summed E-state index contributed by atoms with van der Waals surface area (Å²) in [5.74, 6) is 0.152. The van der Waals surface area contributed by atoms with Gasteiger partial charge < -0.3 is 10.4 Å². The molecule has 1 aliphatic carbocycles. The van der Waals surface area contributed by atoms with Gasteiger partial charge in [0.1, 0.15) is 0 Å². The lowest BCUT2D eigenvalue weighted by atomic mass is 9.94. The predicted molar refractivity (Wildman–Crippen MR) is 68.6 cm³/mol. The first kappa shape index (κ1) is 13.8. The first-order chi connectivity index (χ1) is 7.77. The number of thioether (sulfide) groups is 1. The van der Waals surface area contributed by atoms with Gasteiger partial charge in [0.2, 0.25) is 5.91 Å². The highest BCUT2D eigenvalue weighted by atomic mass is 32.2.